The van der Waals surface area contributed by atoms with Crippen molar-refractivity contribution >= 4 is 23.3 Å². The Bertz CT molecular complexity index is 867. The van der Waals surface area contributed by atoms with Crippen LogP contribution in [0.15, 0.2) is 30.6 Å². The molecule has 0 atom stereocenters. The SMILES string of the molecule is Cc1cc(N2CCN(c3nccc(COC(=O)CC(=N)N)c3F)CC2)ccn1. The van der Waals surface area contributed by atoms with Gasteiger partial charge in [-0.3, -0.25) is 15.2 Å². The van der Waals surface area contributed by atoms with Crippen LogP contribution in [0.5, 0.6) is 0 Å². The number of pyridine rings is 2. The molecule has 3 rings (SSSR count). The van der Waals surface area contributed by atoms with Crippen LogP contribution in [0.1, 0.15) is 17.7 Å². The second-order valence-electron chi connectivity index (χ2n) is 6.60. The molecule has 0 radical (unpaired) electrons. The first kappa shape index (κ1) is 19.5. The van der Waals surface area contributed by atoms with Crippen LogP contribution in [0.25, 0.3) is 0 Å². The molecule has 8 nitrogen and oxygen atoms in total. The Labute approximate surface area is 162 Å². The third-order valence-electron chi connectivity index (χ3n) is 4.50. The first-order valence-electron chi connectivity index (χ1n) is 8.98. The second-order valence-corrected chi connectivity index (χ2v) is 6.60. The Morgan fingerprint density at radius 1 is 1.21 bits per heavy atom. The van der Waals surface area contributed by atoms with E-state index in [-0.39, 0.29) is 30.2 Å². The van der Waals surface area contributed by atoms with Crippen molar-refractivity contribution in [3.63, 3.8) is 0 Å². The number of rotatable bonds is 6. The number of nitrogens with one attached hydrogen (secondary N) is 1. The summed E-state index contributed by atoms with van der Waals surface area (Å²) in [4.78, 5) is 24.0. The smallest absolute Gasteiger partial charge is 0.313 e. The molecule has 0 saturated carbocycles. The largest absolute Gasteiger partial charge is 0.460 e. The molecule has 1 fully saturated rings. The lowest BCUT2D eigenvalue weighted by Gasteiger charge is -2.37. The molecule has 0 unspecified atom stereocenters. The van der Waals surface area contributed by atoms with E-state index in [1.54, 1.807) is 6.20 Å². The summed E-state index contributed by atoms with van der Waals surface area (Å²) in [6.45, 7) is 4.46. The highest BCUT2D eigenvalue weighted by Gasteiger charge is 2.22. The maximum absolute atomic E-state index is 14.9. The van der Waals surface area contributed by atoms with E-state index < -0.39 is 11.8 Å². The number of nitrogens with zero attached hydrogens (tertiary/aromatic N) is 4. The summed E-state index contributed by atoms with van der Waals surface area (Å²) in [5.74, 6) is -1.19. The summed E-state index contributed by atoms with van der Waals surface area (Å²) in [6.07, 6.45) is 2.98. The number of carbonyl (C=O) groups is 1. The van der Waals surface area contributed by atoms with Crippen LogP contribution in [0.2, 0.25) is 0 Å². The fraction of sp³-hybridized carbons (Fsp3) is 0.368. The van der Waals surface area contributed by atoms with E-state index >= 15 is 0 Å². The highest BCUT2D eigenvalue weighted by Crippen LogP contribution is 2.23. The van der Waals surface area contributed by atoms with Crippen molar-refractivity contribution in [3.05, 3.63) is 47.7 Å². The minimum atomic E-state index is -0.661. The maximum Gasteiger partial charge on any atom is 0.313 e. The van der Waals surface area contributed by atoms with Crippen LogP contribution >= 0.6 is 0 Å². The number of hydrogen-bond acceptors (Lipinski definition) is 7. The lowest BCUT2D eigenvalue weighted by atomic mass is 10.2. The molecule has 1 saturated heterocycles. The van der Waals surface area contributed by atoms with Crippen molar-refractivity contribution in [2.24, 2.45) is 5.73 Å². The molecule has 1 aliphatic heterocycles. The molecular formula is C19H23FN6O2. The summed E-state index contributed by atoms with van der Waals surface area (Å²) in [5, 5.41) is 7.09. The van der Waals surface area contributed by atoms with E-state index in [1.807, 2.05) is 24.0 Å². The standard InChI is InChI=1S/C19H23FN6O2/c1-13-10-15(3-5-23-13)25-6-8-26(9-7-25)19-18(20)14(2-4-24-19)12-28-17(27)11-16(21)22/h2-5,10H,6-9,11-12H2,1H3,(H3,21,22). The van der Waals surface area contributed by atoms with Crippen molar-refractivity contribution in [1.82, 2.24) is 9.97 Å². The highest BCUT2D eigenvalue weighted by atomic mass is 19.1. The zero-order chi connectivity index (χ0) is 20.1. The average molecular weight is 386 g/mol. The number of halogens is 1. The van der Waals surface area contributed by atoms with Crippen LogP contribution in [0.3, 0.4) is 0 Å². The van der Waals surface area contributed by atoms with Crippen molar-refractivity contribution in [3.8, 4) is 0 Å². The molecule has 0 aromatic carbocycles. The molecule has 3 heterocycles. The van der Waals surface area contributed by atoms with Gasteiger partial charge in [0.1, 0.15) is 18.9 Å². The third-order valence-corrected chi connectivity index (χ3v) is 4.50. The lowest BCUT2D eigenvalue weighted by Crippen LogP contribution is -2.47. The van der Waals surface area contributed by atoms with Crippen LogP contribution in [0.4, 0.5) is 15.9 Å². The number of hydrogen-bond donors (Lipinski definition) is 2. The number of amidine groups is 1. The first-order valence-corrected chi connectivity index (χ1v) is 8.98. The van der Waals surface area contributed by atoms with Gasteiger partial charge in [-0.15, -0.1) is 0 Å². The zero-order valence-electron chi connectivity index (χ0n) is 15.7. The van der Waals surface area contributed by atoms with E-state index in [9.17, 15) is 9.18 Å². The Hall–Kier alpha value is -3.23. The molecule has 3 N–H and O–H groups in total. The number of aryl methyl sites for hydroxylation is 1. The number of ether oxygens (including phenoxy) is 1. The predicted molar refractivity (Wildman–Crippen MR) is 104 cm³/mol. The van der Waals surface area contributed by atoms with E-state index in [0.717, 1.165) is 24.5 Å². The van der Waals surface area contributed by atoms with Crippen LogP contribution in [0, 0.1) is 18.2 Å². The van der Waals surface area contributed by atoms with E-state index in [0.29, 0.717) is 13.1 Å². The third kappa shape index (κ3) is 4.73. The highest BCUT2D eigenvalue weighted by molar-refractivity contribution is 5.94. The summed E-state index contributed by atoms with van der Waals surface area (Å²) in [6, 6.07) is 5.48. The van der Waals surface area contributed by atoms with Crippen molar-refractivity contribution < 1.29 is 13.9 Å². The first-order chi connectivity index (χ1) is 13.4. The van der Waals surface area contributed by atoms with Crippen molar-refractivity contribution in [2.75, 3.05) is 36.0 Å². The molecule has 28 heavy (non-hydrogen) atoms. The van der Waals surface area contributed by atoms with Gasteiger partial charge in [0.05, 0.1) is 0 Å². The van der Waals surface area contributed by atoms with Gasteiger partial charge in [-0.05, 0) is 25.1 Å². The molecule has 0 spiro atoms. The Morgan fingerprint density at radius 2 is 1.89 bits per heavy atom. The van der Waals surface area contributed by atoms with Crippen LogP contribution in [-0.4, -0.2) is 48.0 Å². The molecule has 2 aromatic rings. The van der Waals surface area contributed by atoms with Gasteiger partial charge in [0.2, 0.25) is 0 Å². The summed E-state index contributed by atoms with van der Waals surface area (Å²) in [5.41, 5.74) is 7.47. The van der Waals surface area contributed by atoms with Crippen LogP contribution < -0.4 is 15.5 Å². The number of aromatic nitrogens is 2. The van der Waals surface area contributed by atoms with Gasteiger partial charge >= 0.3 is 5.97 Å². The number of anilines is 2. The molecule has 2 aromatic heterocycles. The summed E-state index contributed by atoms with van der Waals surface area (Å²) in [7, 11) is 0. The monoisotopic (exact) mass is 386 g/mol. The quantitative estimate of drug-likeness (QED) is 0.441. The minimum absolute atomic E-state index is 0.219. The molecule has 0 amide bonds. The molecule has 0 aliphatic carbocycles. The zero-order valence-corrected chi connectivity index (χ0v) is 15.7. The minimum Gasteiger partial charge on any atom is -0.460 e. The van der Waals surface area contributed by atoms with Gasteiger partial charge in [0, 0.05) is 55.5 Å². The molecule has 1 aliphatic rings. The second kappa shape index (κ2) is 8.64. The molecule has 0 bridgehead atoms. The molecular weight excluding hydrogens is 363 g/mol. The van der Waals surface area contributed by atoms with Crippen molar-refractivity contribution in [1.29, 1.82) is 5.41 Å². The number of carbonyl (C=O) groups excluding carboxylic acids is 1. The number of nitrogens with two attached hydrogens (primary N) is 1. The van der Waals surface area contributed by atoms with Gasteiger partial charge in [-0.1, -0.05) is 0 Å². The van der Waals surface area contributed by atoms with Crippen LogP contribution in [-0.2, 0) is 16.1 Å². The summed E-state index contributed by atoms with van der Waals surface area (Å²) < 4.78 is 19.8. The van der Waals surface area contributed by atoms with E-state index in [4.69, 9.17) is 15.9 Å². The average Bonchev–Trinajstić information content (AvgIpc) is 2.67. The van der Waals surface area contributed by atoms with Crippen molar-refractivity contribution in [2.45, 2.75) is 20.0 Å². The Morgan fingerprint density at radius 3 is 2.57 bits per heavy atom. The van der Waals surface area contributed by atoms with E-state index in [2.05, 4.69) is 14.9 Å². The summed E-state index contributed by atoms with van der Waals surface area (Å²) >= 11 is 0. The normalized spacial score (nSPS) is 14.1. The van der Waals surface area contributed by atoms with Gasteiger partial charge in [0.15, 0.2) is 11.6 Å². The van der Waals surface area contributed by atoms with Gasteiger partial charge in [-0.2, -0.15) is 0 Å². The van der Waals surface area contributed by atoms with Gasteiger partial charge in [-0.25, -0.2) is 9.37 Å². The molecule has 9 heteroatoms. The fourth-order valence-corrected chi connectivity index (χ4v) is 3.07. The number of piperazine rings is 1. The predicted octanol–water partition coefficient (Wildman–Crippen LogP) is 1.62. The van der Waals surface area contributed by atoms with Gasteiger partial charge < -0.3 is 20.3 Å². The Balaban J connectivity index is 1.63. The molecule has 148 valence electrons. The number of esters is 1. The van der Waals surface area contributed by atoms with Gasteiger partial charge in [0.25, 0.3) is 0 Å². The lowest BCUT2D eigenvalue weighted by molar-refractivity contribution is -0.143. The maximum atomic E-state index is 14.9. The fourth-order valence-electron chi connectivity index (χ4n) is 3.07. The Kier molecular flexibility index (Phi) is 6.03. The van der Waals surface area contributed by atoms with E-state index in [1.165, 1.54) is 12.3 Å². The topological polar surface area (TPSA) is 108 Å².